The van der Waals surface area contributed by atoms with Gasteiger partial charge in [0, 0.05) is 0 Å². The summed E-state index contributed by atoms with van der Waals surface area (Å²) >= 11 is 11.0. The maximum absolute atomic E-state index is 12.4. The molecule has 0 saturated heterocycles. The minimum Gasteiger partial charge on any atom is -0.450 e. The van der Waals surface area contributed by atoms with Gasteiger partial charge in [0.1, 0.15) is 6.10 Å². The fourth-order valence-electron chi connectivity index (χ4n) is 1.04. The van der Waals surface area contributed by atoms with Crippen LogP contribution in [0, 0.1) is 0 Å². The van der Waals surface area contributed by atoms with Crippen LogP contribution in [0.15, 0.2) is 0 Å². The fraction of sp³-hybridized carbons (Fsp3) is 0.667. The number of urea groups is 1. The van der Waals surface area contributed by atoms with Gasteiger partial charge in [-0.15, -0.1) is 23.2 Å². The molecule has 0 aliphatic rings. The lowest BCUT2D eigenvalue weighted by Crippen LogP contribution is -2.44. The molecule has 134 valence electrons. The van der Waals surface area contributed by atoms with Gasteiger partial charge < -0.3 is 9.47 Å². The standard InChI is InChI=1S/C9H17Cl2N4O7P/c1-3-21-8(17)14-23(19,13-7(16)12-20-2)15-9(18)22-6(4-10)5-11/h6H,3-5H2,1-2H3,(H4,12,13,14,15,16,17,18,19)/t23-/m1/s1. The Morgan fingerprint density at radius 1 is 1.09 bits per heavy atom. The van der Waals surface area contributed by atoms with E-state index in [9.17, 15) is 18.9 Å². The number of hydrogen-bond acceptors (Lipinski definition) is 7. The minimum atomic E-state index is -4.30. The molecular weight excluding hydrogens is 378 g/mol. The van der Waals surface area contributed by atoms with Crippen LogP contribution in [-0.4, -0.2) is 49.8 Å². The molecule has 4 N–H and O–H groups in total. The van der Waals surface area contributed by atoms with Crippen molar-refractivity contribution in [1.82, 2.24) is 20.7 Å². The van der Waals surface area contributed by atoms with Crippen molar-refractivity contribution in [3.63, 3.8) is 0 Å². The molecule has 0 spiro atoms. The summed E-state index contributed by atoms with van der Waals surface area (Å²) in [4.78, 5) is 38.7. The number of hydrogen-bond donors (Lipinski definition) is 4. The monoisotopic (exact) mass is 394 g/mol. The largest absolute Gasteiger partial charge is 0.450 e. The second-order valence-corrected chi connectivity index (χ2v) is 6.14. The highest BCUT2D eigenvalue weighted by molar-refractivity contribution is 7.59. The molecule has 0 aromatic heterocycles. The van der Waals surface area contributed by atoms with Crippen molar-refractivity contribution in [1.29, 1.82) is 0 Å². The molecule has 4 amide bonds. The molecule has 0 saturated carbocycles. The van der Waals surface area contributed by atoms with Gasteiger partial charge in [-0.05, 0) is 6.92 Å². The van der Waals surface area contributed by atoms with Crippen molar-refractivity contribution in [2.75, 3.05) is 25.5 Å². The number of rotatable bonds is 8. The first-order valence-electron chi connectivity index (χ1n) is 6.07. The first-order valence-corrected chi connectivity index (χ1v) is 8.84. The van der Waals surface area contributed by atoms with Crippen molar-refractivity contribution < 1.29 is 33.3 Å². The van der Waals surface area contributed by atoms with Gasteiger partial charge in [-0.2, -0.15) is 0 Å². The van der Waals surface area contributed by atoms with Crippen LogP contribution in [0.3, 0.4) is 0 Å². The van der Waals surface area contributed by atoms with Gasteiger partial charge in [0.15, 0.2) is 0 Å². The summed E-state index contributed by atoms with van der Waals surface area (Å²) in [6.07, 6.45) is -3.23. The van der Waals surface area contributed by atoms with Crippen molar-refractivity contribution in [3.8, 4) is 0 Å². The summed E-state index contributed by atoms with van der Waals surface area (Å²) in [6, 6.07) is -1.10. The van der Waals surface area contributed by atoms with E-state index < -0.39 is 31.9 Å². The minimum absolute atomic E-state index is 0.0267. The third-order valence-electron chi connectivity index (χ3n) is 1.84. The summed E-state index contributed by atoms with van der Waals surface area (Å²) in [5.74, 6) is -0.214. The topological polar surface area (TPSA) is 144 Å². The second-order valence-electron chi connectivity index (χ2n) is 3.64. The molecule has 0 aliphatic carbocycles. The Morgan fingerprint density at radius 3 is 2.13 bits per heavy atom. The van der Waals surface area contributed by atoms with Gasteiger partial charge in [-0.1, -0.05) is 0 Å². The highest BCUT2D eigenvalue weighted by atomic mass is 35.5. The van der Waals surface area contributed by atoms with Crippen LogP contribution in [0.5, 0.6) is 0 Å². The summed E-state index contributed by atoms with van der Waals surface area (Å²) in [5, 5.41) is 5.44. The summed E-state index contributed by atoms with van der Waals surface area (Å²) in [6.45, 7) is 1.48. The first kappa shape index (κ1) is 21.6. The number of nitrogens with one attached hydrogen (secondary N) is 4. The maximum atomic E-state index is 12.4. The molecule has 0 bridgehead atoms. The number of halogens is 2. The normalized spacial score (nSPS) is 12.7. The number of carbonyl (C=O) groups is 3. The average molecular weight is 395 g/mol. The van der Waals surface area contributed by atoms with E-state index >= 15 is 0 Å². The van der Waals surface area contributed by atoms with Gasteiger partial charge in [0.2, 0.25) is 0 Å². The van der Waals surface area contributed by atoms with E-state index in [1.54, 1.807) is 5.48 Å². The Hall–Kier alpha value is -1.42. The van der Waals surface area contributed by atoms with Gasteiger partial charge in [-0.25, -0.2) is 34.6 Å². The van der Waals surface area contributed by atoms with E-state index in [4.69, 9.17) is 27.9 Å². The van der Waals surface area contributed by atoms with Crippen LogP contribution in [0.4, 0.5) is 14.4 Å². The molecule has 23 heavy (non-hydrogen) atoms. The van der Waals surface area contributed by atoms with E-state index in [0.717, 1.165) is 7.11 Å². The lowest BCUT2D eigenvalue weighted by Gasteiger charge is -2.21. The third kappa shape index (κ3) is 9.34. The Bertz CT molecular complexity index is 439. The van der Waals surface area contributed by atoms with E-state index in [-0.39, 0.29) is 18.4 Å². The van der Waals surface area contributed by atoms with Gasteiger partial charge >= 0.3 is 25.8 Å². The molecular formula is C9H17Cl2N4O7P. The molecule has 0 aromatic carbocycles. The van der Waals surface area contributed by atoms with Gasteiger partial charge in [-0.3, -0.25) is 9.92 Å². The van der Waals surface area contributed by atoms with Crippen LogP contribution in [0.2, 0.25) is 0 Å². The van der Waals surface area contributed by atoms with E-state index in [1.165, 1.54) is 6.92 Å². The van der Waals surface area contributed by atoms with Gasteiger partial charge in [0.05, 0.1) is 25.5 Å². The zero-order valence-corrected chi connectivity index (χ0v) is 14.7. The van der Waals surface area contributed by atoms with Crippen LogP contribution in [-0.2, 0) is 18.9 Å². The van der Waals surface area contributed by atoms with Crippen molar-refractivity contribution in [2.45, 2.75) is 13.0 Å². The van der Waals surface area contributed by atoms with Crippen molar-refractivity contribution >= 4 is 49.0 Å². The summed E-state index contributed by atoms with van der Waals surface area (Å²) in [5.41, 5.74) is 1.79. The zero-order chi connectivity index (χ0) is 17.9. The highest BCUT2D eigenvalue weighted by Gasteiger charge is 2.31. The number of carbonyl (C=O) groups excluding carboxylic acids is 3. The van der Waals surface area contributed by atoms with Crippen molar-refractivity contribution in [3.05, 3.63) is 0 Å². The molecule has 0 unspecified atom stereocenters. The SMILES string of the molecule is CCOC(=O)N[P@](=O)(NC(=O)NOC)NC(=O)OC(CCl)CCl. The Morgan fingerprint density at radius 2 is 1.65 bits per heavy atom. The number of ether oxygens (including phenoxy) is 2. The lowest BCUT2D eigenvalue weighted by atomic mass is 10.5. The van der Waals surface area contributed by atoms with Crippen LogP contribution in [0.25, 0.3) is 0 Å². The fourth-order valence-corrected chi connectivity index (χ4v) is 2.63. The number of hydroxylamine groups is 1. The second kappa shape index (κ2) is 11.2. The Kier molecular flexibility index (Phi) is 10.5. The molecule has 0 radical (unpaired) electrons. The first-order chi connectivity index (χ1) is 10.8. The maximum Gasteiger partial charge on any atom is 0.415 e. The predicted molar refractivity (Wildman–Crippen MR) is 81.3 cm³/mol. The number of amides is 4. The van der Waals surface area contributed by atoms with Crippen LogP contribution >= 0.6 is 30.8 Å². The van der Waals surface area contributed by atoms with Crippen LogP contribution < -0.4 is 20.7 Å². The van der Waals surface area contributed by atoms with E-state index in [1.807, 2.05) is 15.3 Å². The summed E-state index contributed by atoms with van der Waals surface area (Å²) in [7, 11) is -3.18. The van der Waals surface area contributed by atoms with Gasteiger partial charge in [0.25, 0.3) is 0 Å². The molecule has 11 nitrogen and oxygen atoms in total. The molecule has 0 fully saturated rings. The average Bonchev–Trinajstić information content (AvgIpc) is 2.44. The van der Waals surface area contributed by atoms with Crippen LogP contribution in [0.1, 0.15) is 6.92 Å². The third-order valence-corrected chi connectivity index (χ3v) is 4.05. The smallest absolute Gasteiger partial charge is 0.415 e. The quantitative estimate of drug-likeness (QED) is 0.275. The highest BCUT2D eigenvalue weighted by Crippen LogP contribution is 2.30. The Balaban J connectivity index is 4.95. The van der Waals surface area contributed by atoms with Crippen molar-refractivity contribution in [2.24, 2.45) is 0 Å². The zero-order valence-electron chi connectivity index (χ0n) is 12.3. The van der Waals surface area contributed by atoms with E-state index in [0.29, 0.717) is 0 Å². The Labute approximate surface area is 142 Å². The molecule has 0 heterocycles. The molecule has 1 atom stereocenters. The van der Waals surface area contributed by atoms with E-state index in [2.05, 4.69) is 9.57 Å². The molecule has 0 rings (SSSR count). The lowest BCUT2D eigenvalue weighted by molar-refractivity contribution is 0.110. The molecule has 0 aromatic rings. The predicted octanol–water partition coefficient (Wildman–Crippen LogP) is 1.27. The summed E-state index contributed by atoms with van der Waals surface area (Å²) < 4.78 is 21.7. The molecule has 14 heteroatoms. The number of alkyl halides is 2. The molecule has 0 aliphatic heterocycles.